The van der Waals surface area contributed by atoms with E-state index in [9.17, 15) is 0 Å². The molecule has 2 aromatic rings. The van der Waals surface area contributed by atoms with Gasteiger partial charge in [0.05, 0.1) is 6.61 Å². The molecule has 0 aliphatic rings. The molecule has 4 nitrogen and oxygen atoms in total. The van der Waals surface area contributed by atoms with Gasteiger partial charge < -0.3 is 19.5 Å². The molecule has 0 spiro atoms. The van der Waals surface area contributed by atoms with Crippen molar-refractivity contribution < 1.29 is 14.2 Å². The highest BCUT2D eigenvalue weighted by molar-refractivity contribution is 6.31. The highest BCUT2D eigenvalue weighted by atomic mass is 35.5. The predicted octanol–water partition coefficient (Wildman–Crippen LogP) is 4.55. The zero-order valence-electron chi connectivity index (χ0n) is 14.2. The minimum atomic E-state index is 0.552. The third kappa shape index (κ3) is 6.30. The fourth-order valence-electron chi connectivity index (χ4n) is 2.13. The van der Waals surface area contributed by atoms with E-state index in [4.69, 9.17) is 25.8 Å². The van der Waals surface area contributed by atoms with Crippen LogP contribution in [0.2, 0.25) is 5.02 Å². The number of nitrogens with one attached hydrogen (secondary N) is 1. The Morgan fingerprint density at radius 3 is 2.54 bits per heavy atom. The highest BCUT2D eigenvalue weighted by Gasteiger charge is 2.00. The Hall–Kier alpha value is -1.91. The Morgan fingerprint density at radius 2 is 1.75 bits per heavy atom. The van der Waals surface area contributed by atoms with Crippen LogP contribution in [0.25, 0.3) is 0 Å². The van der Waals surface area contributed by atoms with Crippen LogP contribution in [0.4, 0.5) is 5.69 Å². The molecule has 0 unspecified atom stereocenters. The Morgan fingerprint density at radius 1 is 0.958 bits per heavy atom. The second-order valence-electron chi connectivity index (χ2n) is 5.26. The summed E-state index contributed by atoms with van der Waals surface area (Å²) in [6.07, 6.45) is 0. The van der Waals surface area contributed by atoms with Crippen LogP contribution in [-0.2, 0) is 4.74 Å². The van der Waals surface area contributed by atoms with Crippen LogP contribution in [0.15, 0.2) is 42.5 Å². The van der Waals surface area contributed by atoms with E-state index in [1.807, 2.05) is 56.3 Å². The molecule has 0 heterocycles. The van der Waals surface area contributed by atoms with Gasteiger partial charge in [-0.2, -0.15) is 0 Å². The van der Waals surface area contributed by atoms with E-state index in [0.717, 1.165) is 27.8 Å². The van der Waals surface area contributed by atoms with Crippen molar-refractivity contribution in [2.45, 2.75) is 13.8 Å². The molecule has 2 rings (SSSR count). The number of ether oxygens (including phenoxy) is 3. The third-order valence-electron chi connectivity index (χ3n) is 3.36. The molecule has 0 saturated heterocycles. The Balaban J connectivity index is 1.72. The summed E-state index contributed by atoms with van der Waals surface area (Å²) in [5.74, 6) is 1.65. The normalized spacial score (nSPS) is 10.5. The summed E-state index contributed by atoms with van der Waals surface area (Å²) < 4.78 is 16.6. The number of anilines is 1. The predicted molar refractivity (Wildman–Crippen MR) is 98.6 cm³/mol. The monoisotopic (exact) mass is 349 g/mol. The molecule has 130 valence electrons. The quantitative estimate of drug-likeness (QED) is 0.638. The third-order valence-corrected chi connectivity index (χ3v) is 3.79. The van der Waals surface area contributed by atoms with Gasteiger partial charge in [-0.3, -0.25) is 0 Å². The van der Waals surface area contributed by atoms with Gasteiger partial charge in [-0.05, 0) is 49.7 Å². The summed E-state index contributed by atoms with van der Waals surface area (Å²) in [5, 5.41) is 4.07. The van der Waals surface area contributed by atoms with Gasteiger partial charge in [-0.25, -0.2) is 0 Å². The van der Waals surface area contributed by atoms with Crippen LogP contribution >= 0.6 is 11.6 Å². The largest absolute Gasteiger partial charge is 0.492 e. The van der Waals surface area contributed by atoms with Gasteiger partial charge in [-0.1, -0.05) is 17.7 Å². The second-order valence-corrected chi connectivity index (χ2v) is 5.67. The minimum absolute atomic E-state index is 0.552. The first kappa shape index (κ1) is 18.4. The standard InChI is InChI=1S/C19H24ClNO3/c1-3-22-11-12-24-17-6-4-5-16(14-17)21-9-10-23-18-7-8-19(20)15(2)13-18/h4-8,13-14,21H,3,9-12H2,1-2H3. The SMILES string of the molecule is CCOCCOc1cccc(NCCOc2ccc(Cl)c(C)c2)c1. The van der Waals surface area contributed by atoms with Crippen LogP contribution in [0, 0.1) is 6.92 Å². The van der Waals surface area contributed by atoms with Gasteiger partial charge in [-0.15, -0.1) is 0 Å². The highest BCUT2D eigenvalue weighted by Crippen LogP contribution is 2.21. The summed E-state index contributed by atoms with van der Waals surface area (Å²) in [4.78, 5) is 0. The van der Waals surface area contributed by atoms with Crippen molar-refractivity contribution in [3.8, 4) is 11.5 Å². The maximum Gasteiger partial charge on any atom is 0.121 e. The molecule has 0 radical (unpaired) electrons. The number of hydrogen-bond donors (Lipinski definition) is 1. The molecule has 0 aliphatic heterocycles. The molecule has 1 N–H and O–H groups in total. The summed E-state index contributed by atoms with van der Waals surface area (Å²) in [6.45, 7) is 7.06. The van der Waals surface area contributed by atoms with E-state index in [1.165, 1.54) is 0 Å². The van der Waals surface area contributed by atoms with Gasteiger partial charge in [0, 0.05) is 29.9 Å². The van der Waals surface area contributed by atoms with Crippen molar-refractivity contribution in [1.29, 1.82) is 0 Å². The molecular weight excluding hydrogens is 326 g/mol. The summed E-state index contributed by atoms with van der Waals surface area (Å²) in [7, 11) is 0. The van der Waals surface area contributed by atoms with Crippen molar-refractivity contribution >= 4 is 17.3 Å². The number of halogens is 1. The zero-order chi connectivity index (χ0) is 17.2. The Kier molecular flexibility index (Phi) is 7.72. The van der Waals surface area contributed by atoms with Crippen LogP contribution in [0.1, 0.15) is 12.5 Å². The molecular formula is C19H24ClNO3. The smallest absolute Gasteiger partial charge is 0.121 e. The van der Waals surface area contributed by atoms with Crippen molar-refractivity contribution in [3.63, 3.8) is 0 Å². The lowest BCUT2D eigenvalue weighted by Crippen LogP contribution is -2.11. The lowest BCUT2D eigenvalue weighted by molar-refractivity contribution is 0.110. The fourth-order valence-corrected chi connectivity index (χ4v) is 2.25. The van der Waals surface area contributed by atoms with E-state index in [2.05, 4.69) is 5.32 Å². The number of rotatable bonds is 10. The molecule has 0 fully saturated rings. The average molecular weight is 350 g/mol. The maximum atomic E-state index is 6.00. The summed E-state index contributed by atoms with van der Waals surface area (Å²) in [6, 6.07) is 13.5. The van der Waals surface area contributed by atoms with Gasteiger partial charge >= 0.3 is 0 Å². The summed E-state index contributed by atoms with van der Waals surface area (Å²) >= 11 is 6.00. The molecule has 0 saturated carbocycles. The lowest BCUT2D eigenvalue weighted by atomic mass is 10.2. The van der Waals surface area contributed by atoms with Gasteiger partial charge in [0.25, 0.3) is 0 Å². The molecule has 0 atom stereocenters. The van der Waals surface area contributed by atoms with Gasteiger partial charge in [0.15, 0.2) is 0 Å². The van der Waals surface area contributed by atoms with Crippen molar-refractivity contribution in [3.05, 3.63) is 53.1 Å². The van der Waals surface area contributed by atoms with E-state index >= 15 is 0 Å². The number of aryl methyl sites for hydroxylation is 1. The van der Waals surface area contributed by atoms with E-state index < -0.39 is 0 Å². The molecule has 0 aromatic heterocycles. The molecule has 2 aromatic carbocycles. The van der Waals surface area contributed by atoms with Crippen molar-refractivity contribution in [1.82, 2.24) is 0 Å². The first-order valence-electron chi connectivity index (χ1n) is 8.12. The topological polar surface area (TPSA) is 39.7 Å². The lowest BCUT2D eigenvalue weighted by Gasteiger charge is -2.11. The van der Waals surface area contributed by atoms with E-state index in [1.54, 1.807) is 0 Å². The number of hydrogen-bond acceptors (Lipinski definition) is 4. The van der Waals surface area contributed by atoms with Crippen LogP contribution in [0.3, 0.4) is 0 Å². The fraction of sp³-hybridized carbons (Fsp3) is 0.368. The van der Waals surface area contributed by atoms with Crippen molar-refractivity contribution in [2.75, 3.05) is 38.3 Å². The van der Waals surface area contributed by atoms with Crippen molar-refractivity contribution in [2.24, 2.45) is 0 Å². The van der Waals surface area contributed by atoms with Gasteiger partial charge in [0.1, 0.15) is 24.7 Å². The molecule has 0 amide bonds. The molecule has 5 heteroatoms. The van der Waals surface area contributed by atoms with Gasteiger partial charge in [0.2, 0.25) is 0 Å². The molecule has 0 aliphatic carbocycles. The van der Waals surface area contributed by atoms with Crippen LogP contribution in [0.5, 0.6) is 11.5 Å². The Bertz CT molecular complexity index is 634. The Labute approximate surface area is 148 Å². The first-order valence-corrected chi connectivity index (χ1v) is 8.50. The maximum absolute atomic E-state index is 6.00. The van der Waals surface area contributed by atoms with E-state index in [-0.39, 0.29) is 0 Å². The second kappa shape index (κ2) is 10.1. The first-order chi connectivity index (χ1) is 11.7. The summed E-state index contributed by atoms with van der Waals surface area (Å²) in [5.41, 5.74) is 2.01. The average Bonchev–Trinajstić information content (AvgIpc) is 2.59. The number of benzene rings is 2. The molecule has 24 heavy (non-hydrogen) atoms. The van der Waals surface area contributed by atoms with Crippen LogP contribution in [-0.4, -0.2) is 33.0 Å². The van der Waals surface area contributed by atoms with E-state index in [0.29, 0.717) is 33.0 Å². The molecule has 0 bridgehead atoms. The zero-order valence-corrected chi connectivity index (χ0v) is 14.9. The minimum Gasteiger partial charge on any atom is -0.492 e. The van der Waals surface area contributed by atoms with Crippen LogP contribution < -0.4 is 14.8 Å².